The highest BCUT2D eigenvalue weighted by molar-refractivity contribution is 6.38. The zero-order chi connectivity index (χ0) is 19.2. The number of Topliss-reactive ketones (excluding diaryl/α,β-unsaturated/α-hetero) is 2. The highest BCUT2D eigenvalue weighted by Gasteiger charge is 2.35. The molecule has 0 saturated heterocycles. The van der Waals surface area contributed by atoms with Crippen molar-refractivity contribution >= 4 is 11.6 Å². The Hall–Kier alpha value is -0.820. The summed E-state index contributed by atoms with van der Waals surface area (Å²) in [4.78, 5) is 23.5. The molecule has 0 bridgehead atoms. The second-order valence-corrected chi connectivity index (χ2v) is 6.89. The predicted molar refractivity (Wildman–Crippen MR) is 96.2 cm³/mol. The minimum atomic E-state index is -2.00. The maximum absolute atomic E-state index is 11.8. The molecule has 0 aromatic carbocycles. The maximum Gasteiger partial charge on any atom is 0.229 e. The number of aliphatic hydroxyl groups excluding tert-OH is 4. The Morgan fingerprint density at radius 1 is 0.720 bits per heavy atom. The molecule has 0 saturated carbocycles. The van der Waals surface area contributed by atoms with E-state index in [-0.39, 0.29) is 6.42 Å². The van der Waals surface area contributed by atoms with Gasteiger partial charge in [0.15, 0.2) is 0 Å². The normalized spacial score (nSPS) is 16.2. The molecule has 0 spiro atoms. The van der Waals surface area contributed by atoms with E-state index in [0.717, 1.165) is 19.3 Å². The minimum Gasteiger partial charge on any atom is -0.391 e. The number of carbonyl (C=O) groups is 2. The molecule has 0 aromatic rings. The van der Waals surface area contributed by atoms with Crippen LogP contribution in [-0.4, -0.2) is 56.4 Å². The van der Waals surface area contributed by atoms with Crippen LogP contribution in [0.15, 0.2) is 0 Å². The van der Waals surface area contributed by atoms with Crippen LogP contribution < -0.4 is 0 Å². The number of carbonyl (C=O) groups excluding carboxylic acids is 2. The van der Waals surface area contributed by atoms with E-state index in [1.165, 1.54) is 45.4 Å². The van der Waals surface area contributed by atoms with Crippen molar-refractivity contribution in [2.24, 2.45) is 0 Å². The molecule has 0 rings (SSSR count). The predicted octanol–water partition coefficient (Wildman–Crippen LogP) is 1.90. The van der Waals surface area contributed by atoms with E-state index < -0.39 is 36.0 Å². The maximum atomic E-state index is 11.8. The fourth-order valence-electron chi connectivity index (χ4n) is 2.69. The summed E-state index contributed by atoms with van der Waals surface area (Å²) in [7, 11) is 0. The van der Waals surface area contributed by atoms with Gasteiger partial charge in [-0.3, -0.25) is 9.59 Å². The number of unbranched alkanes of at least 4 members (excludes halogenated alkanes) is 9. The average Bonchev–Trinajstić information content (AvgIpc) is 2.60. The van der Waals surface area contributed by atoms with E-state index in [1.54, 1.807) is 0 Å². The Labute approximate surface area is 151 Å². The van der Waals surface area contributed by atoms with Gasteiger partial charge < -0.3 is 20.4 Å². The van der Waals surface area contributed by atoms with Gasteiger partial charge in [-0.25, -0.2) is 0 Å². The fourth-order valence-corrected chi connectivity index (χ4v) is 2.69. The quantitative estimate of drug-likeness (QED) is 0.247. The van der Waals surface area contributed by atoms with Crippen molar-refractivity contribution in [2.75, 3.05) is 0 Å². The molecule has 0 amide bonds. The lowest BCUT2D eigenvalue weighted by molar-refractivity contribution is -0.152. The number of hydrogen-bond acceptors (Lipinski definition) is 6. The molecular weight excluding hydrogens is 324 g/mol. The van der Waals surface area contributed by atoms with Crippen molar-refractivity contribution in [2.45, 2.75) is 109 Å². The van der Waals surface area contributed by atoms with Crippen LogP contribution >= 0.6 is 0 Å². The summed E-state index contributed by atoms with van der Waals surface area (Å²) in [6.45, 7) is 3.41. The Morgan fingerprint density at radius 2 is 1.16 bits per heavy atom. The summed E-state index contributed by atoms with van der Waals surface area (Å²) in [5, 5.41) is 37.8. The van der Waals surface area contributed by atoms with Crippen LogP contribution in [-0.2, 0) is 9.59 Å². The van der Waals surface area contributed by atoms with Crippen LogP contribution in [0, 0.1) is 0 Å². The van der Waals surface area contributed by atoms with Crippen LogP contribution in [0.4, 0.5) is 0 Å². The lowest BCUT2D eigenvalue weighted by Crippen LogP contribution is -2.48. The molecule has 0 aliphatic carbocycles. The van der Waals surface area contributed by atoms with E-state index in [0.29, 0.717) is 6.42 Å². The summed E-state index contributed by atoms with van der Waals surface area (Å²) in [5.74, 6) is -1.85. The Kier molecular flexibility index (Phi) is 13.9. The second kappa shape index (κ2) is 14.4. The molecule has 6 nitrogen and oxygen atoms in total. The summed E-state index contributed by atoms with van der Waals surface area (Å²) < 4.78 is 0. The van der Waals surface area contributed by atoms with Gasteiger partial charge in [0.2, 0.25) is 11.6 Å². The monoisotopic (exact) mass is 360 g/mol. The Bertz CT molecular complexity index is 369. The van der Waals surface area contributed by atoms with Crippen LogP contribution in [0.25, 0.3) is 0 Å². The third-order valence-corrected chi connectivity index (χ3v) is 4.47. The van der Waals surface area contributed by atoms with Crippen molar-refractivity contribution in [1.82, 2.24) is 0 Å². The smallest absolute Gasteiger partial charge is 0.229 e. The van der Waals surface area contributed by atoms with Crippen LogP contribution in [0.2, 0.25) is 0 Å². The van der Waals surface area contributed by atoms with Crippen molar-refractivity contribution in [3.63, 3.8) is 0 Å². The number of rotatable bonds is 16. The van der Waals surface area contributed by atoms with Crippen LogP contribution in [0.3, 0.4) is 0 Å². The second-order valence-electron chi connectivity index (χ2n) is 6.89. The fraction of sp³-hybridized carbons (Fsp3) is 0.895. The van der Waals surface area contributed by atoms with Crippen LogP contribution in [0.1, 0.15) is 84.5 Å². The number of ketones is 2. The van der Waals surface area contributed by atoms with Gasteiger partial charge in [0.1, 0.15) is 18.3 Å². The number of hydrogen-bond donors (Lipinski definition) is 4. The van der Waals surface area contributed by atoms with E-state index in [4.69, 9.17) is 5.11 Å². The van der Waals surface area contributed by atoms with Crippen molar-refractivity contribution < 1.29 is 30.0 Å². The summed E-state index contributed by atoms with van der Waals surface area (Å²) in [6, 6.07) is 0. The van der Waals surface area contributed by atoms with Crippen molar-refractivity contribution in [1.29, 1.82) is 0 Å². The zero-order valence-corrected chi connectivity index (χ0v) is 15.7. The SMILES string of the molecule is CCCCCCCCCCCCC(=O)C(=O)[C@@H](O)[C@H](O)[C@H](O)[C@H](C)O. The molecule has 0 heterocycles. The topological polar surface area (TPSA) is 115 Å². The molecule has 0 aromatic heterocycles. The summed E-state index contributed by atoms with van der Waals surface area (Å²) >= 11 is 0. The lowest BCUT2D eigenvalue weighted by Gasteiger charge is -2.23. The molecule has 0 aliphatic heterocycles. The third kappa shape index (κ3) is 10.7. The molecule has 4 N–H and O–H groups in total. The molecule has 0 unspecified atom stereocenters. The van der Waals surface area contributed by atoms with Gasteiger partial charge in [0.05, 0.1) is 6.10 Å². The first-order valence-electron chi connectivity index (χ1n) is 9.62. The van der Waals surface area contributed by atoms with E-state index in [1.807, 2.05) is 0 Å². The van der Waals surface area contributed by atoms with Crippen LogP contribution in [0.5, 0.6) is 0 Å². The highest BCUT2D eigenvalue weighted by Crippen LogP contribution is 2.12. The van der Waals surface area contributed by atoms with Crippen molar-refractivity contribution in [3.05, 3.63) is 0 Å². The molecule has 148 valence electrons. The van der Waals surface area contributed by atoms with Gasteiger partial charge in [-0.05, 0) is 13.3 Å². The molecular formula is C19H36O6. The standard InChI is InChI=1S/C19H36O6/c1-3-4-5-6-7-8-9-10-11-12-13-15(21)17(23)19(25)18(24)16(22)14(2)20/h14,16,18-20,22,24-25H,3-13H2,1-2H3/t14-,16+,18+,19+/m0/s1. The first kappa shape index (κ1) is 24.2. The molecule has 6 heteroatoms. The van der Waals surface area contributed by atoms with Gasteiger partial charge >= 0.3 is 0 Å². The number of aliphatic hydroxyl groups is 4. The molecule has 25 heavy (non-hydrogen) atoms. The van der Waals surface area contributed by atoms with Gasteiger partial charge in [-0.15, -0.1) is 0 Å². The van der Waals surface area contributed by atoms with Gasteiger partial charge in [-0.1, -0.05) is 64.7 Å². The molecule has 0 fully saturated rings. The van der Waals surface area contributed by atoms with E-state index in [9.17, 15) is 24.9 Å². The average molecular weight is 360 g/mol. The summed E-state index contributed by atoms with van der Waals surface area (Å²) in [5.41, 5.74) is 0. The first-order chi connectivity index (χ1) is 11.8. The first-order valence-corrected chi connectivity index (χ1v) is 9.62. The largest absolute Gasteiger partial charge is 0.391 e. The van der Waals surface area contributed by atoms with Gasteiger partial charge in [0, 0.05) is 6.42 Å². The lowest BCUT2D eigenvalue weighted by atomic mass is 9.96. The van der Waals surface area contributed by atoms with Gasteiger partial charge in [-0.2, -0.15) is 0 Å². The van der Waals surface area contributed by atoms with E-state index in [2.05, 4.69) is 6.92 Å². The minimum absolute atomic E-state index is 0.0316. The zero-order valence-electron chi connectivity index (χ0n) is 15.7. The van der Waals surface area contributed by atoms with Crippen molar-refractivity contribution in [3.8, 4) is 0 Å². The Morgan fingerprint density at radius 3 is 1.60 bits per heavy atom. The molecule has 4 atom stereocenters. The molecule has 0 radical (unpaired) electrons. The van der Waals surface area contributed by atoms with Gasteiger partial charge in [0.25, 0.3) is 0 Å². The Balaban J connectivity index is 3.82. The highest BCUT2D eigenvalue weighted by atomic mass is 16.4. The molecule has 0 aliphatic rings. The third-order valence-electron chi connectivity index (χ3n) is 4.47. The van der Waals surface area contributed by atoms with E-state index >= 15 is 0 Å². The summed E-state index contributed by atoms with van der Waals surface area (Å²) in [6.07, 6.45) is 4.28.